The van der Waals surface area contributed by atoms with E-state index in [9.17, 15) is 34.2 Å². The van der Waals surface area contributed by atoms with E-state index in [1.807, 2.05) is 26.8 Å². The van der Waals surface area contributed by atoms with Crippen LogP contribution in [0.5, 0.6) is 0 Å². The maximum Gasteiger partial charge on any atom is 0.328 e. The molecule has 0 aromatic heterocycles. The average molecular weight is 650 g/mol. The SMILES string of the molecule is CC(C)=CCC/C(C)=C/CC/C(C)=C/CC(CCCC(=O)N[C@H](C(=O)N[C@@H](CC(C)C)C(=O)N[C@@H](CO)C(=O)O)C(C)C)C(=O)O. The highest BCUT2D eigenvalue weighted by atomic mass is 16.4. The van der Waals surface area contributed by atoms with Crippen molar-refractivity contribution in [3.63, 3.8) is 0 Å². The molecule has 46 heavy (non-hydrogen) atoms. The summed E-state index contributed by atoms with van der Waals surface area (Å²) in [6.07, 6.45) is 11.5. The molecule has 0 aliphatic carbocycles. The first kappa shape index (κ1) is 42.5. The van der Waals surface area contributed by atoms with Crippen LogP contribution in [0.4, 0.5) is 0 Å². The average Bonchev–Trinajstić information content (AvgIpc) is 2.94. The third kappa shape index (κ3) is 19.1. The first-order valence-corrected chi connectivity index (χ1v) is 16.4. The van der Waals surface area contributed by atoms with Crippen LogP contribution in [0.2, 0.25) is 0 Å². The molecular weight excluding hydrogens is 590 g/mol. The van der Waals surface area contributed by atoms with Gasteiger partial charge in [-0.3, -0.25) is 19.2 Å². The Hall–Kier alpha value is -3.47. The molecule has 11 nitrogen and oxygen atoms in total. The van der Waals surface area contributed by atoms with Gasteiger partial charge in [0.1, 0.15) is 18.1 Å². The summed E-state index contributed by atoms with van der Waals surface area (Å²) >= 11 is 0. The molecule has 0 heterocycles. The normalized spacial score (nSPS) is 14.7. The lowest BCUT2D eigenvalue weighted by molar-refractivity contribution is -0.143. The number of hydrogen-bond donors (Lipinski definition) is 6. The summed E-state index contributed by atoms with van der Waals surface area (Å²) in [5.74, 6) is -5.05. The van der Waals surface area contributed by atoms with Gasteiger partial charge in [-0.2, -0.15) is 0 Å². The number of aliphatic carboxylic acids is 2. The van der Waals surface area contributed by atoms with Gasteiger partial charge >= 0.3 is 11.9 Å². The smallest absolute Gasteiger partial charge is 0.328 e. The molecule has 4 atom stereocenters. The van der Waals surface area contributed by atoms with E-state index < -0.39 is 60.3 Å². The first-order chi connectivity index (χ1) is 21.5. The van der Waals surface area contributed by atoms with Crippen molar-refractivity contribution in [2.75, 3.05) is 6.61 Å². The van der Waals surface area contributed by atoms with Crippen LogP contribution in [0.1, 0.15) is 113 Å². The van der Waals surface area contributed by atoms with Gasteiger partial charge in [-0.05, 0) is 90.9 Å². The molecule has 0 spiro atoms. The number of carboxylic acids is 2. The third-order valence-corrected chi connectivity index (χ3v) is 7.58. The monoisotopic (exact) mass is 649 g/mol. The quantitative estimate of drug-likeness (QED) is 0.0845. The van der Waals surface area contributed by atoms with E-state index in [0.29, 0.717) is 19.3 Å². The van der Waals surface area contributed by atoms with E-state index >= 15 is 0 Å². The molecule has 0 aliphatic rings. The zero-order chi connectivity index (χ0) is 35.4. The molecule has 0 aliphatic heterocycles. The molecule has 0 aromatic rings. The van der Waals surface area contributed by atoms with Crippen LogP contribution in [0.25, 0.3) is 0 Å². The number of carboxylic acid groups (broad SMARTS) is 2. The minimum atomic E-state index is -1.51. The first-order valence-electron chi connectivity index (χ1n) is 16.4. The zero-order valence-electron chi connectivity index (χ0n) is 29.2. The second kappa shape index (κ2) is 22.9. The number of allylic oxidation sites excluding steroid dienone is 6. The predicted octanol–water partition coefficient (Wildman–Crippen LogP) is 4.90. The van der Waals surface area contributed by atoms with Gasteiger partial charge in [-0.25, -0.2) is 4.79 Å². The molecule has 0 fully saturated rings. The van der Waals surface area contributed by atoms with Crippen molar-refractivity contribution in [1.82, 2.24) is 16.0 Å². The van der Waals surface area contributed by atoms with Gasteiger partial charge in [0, 0.05) is 6.42 Å². The van der Waals surface area contributed by atoms with E-state index in [-0.39, 0.29) is 24.7 Å². The summed E-state index contributed by atoms with van der Waals surface area (Å²) in [6, 6.07) is -3.55. The Morgan fingerprint density at radius 1 is 0.696 bits per heavy atom. The molecule has 6 N–H and O–H groups in total. The van der Waals surface area contributed by atoms with Crippen LogP contribution in [-0.4, -0.2) is 69.7 Å². The maximum atomic E-state index is 13.1. The van der Waals surface area contributed by atoms with Crippen molar-refractivity contribution in [3.8, 4) is 0 Å². The second-order valence-corrected chi connectivity index (χ2v) is 13.2. The summed E-state index contributed by atoms with van der Waals surface area (Å²) in [5.41, 5.74) is 3.79. The van der Waals surface area contributed by atoms with Gasteiger partial charge in [-0.1, -0.05) is 62.6 Å². The highest BCUT2D eigenvalue weighted by molar-refractivity contribution is 5.93. The lowest BCUT2D eigenvalue weighted by atomic mass is 9.96. The van der Waals surface area contributed by atoms with Crippen LogP contribution in [-0.2, 0) is 24.0 Å². The fourth-order valence-corrected chi connectivity index (χ4v) is 4.74. The van der Waals surface area contributed by atoms with Gasteiger partial charge in [0.2, 0.25) is 17.7 Å². The Kier molecular flexibility index (Phi) is 21.2. The van der Waals surface area contributed by atoms with Gasteiger partial charge in [0.15, 0.2) is 0 Å². The number of rotatable bonds is 23. The van der Waals surface area contributed by atoms with Crippen molar-refractivity contribution in [2.45, 2.75) is 131 Å². The van der Waals surface area contributed by atoms with Crippen molar-refractivity contribution in [3.05, 3.63) is 34.9 Å². The van der Waals surface area contributed by atoms with Crippen molar-refractivity contribution < 1.29 is 39.3 Å². The third-order valence-electron chi connectivity index (χ3n) is 7.58. The number of amides is 3. The molecular formula is C35H59N3O8. The standard InChI is InChI=1S/C35H59N3O8/c1-22(2)12-9-13-25(7)14-10-15-26(8)18-19-27(34(43)44)16-11-17-30(40)38-31(24(5)6)33(42)36-28(20-23(3)4)32(41)37-29(21-39)35(45)46/h12,14,18,23-24,27-29,31,39H,9-11,13,15-17,19-21H2,1-8H3,(H,36,42)(H,37,41)(H,38,40)(H,43,44)(H,45,46)/b25-14+,26-18+/t27?,28-,29-,31-/m0/s1. The second-order valence-electron chi connectivity index (χ2n) is 13.2. The summed E-state index contributed by atoms with van der Waals surface area (Å²) in [4.78, 5) is 61.8. The van der Waals surface area contributed by atoms with E-state index in [0.717, 1.165) is 31.3 Å². The molecule has 0 radical (unpaired) electrons. The van der Waals surface area contributed by atoms with E-state index in [4.69, 9.17) is 5.11 Å². The number of carbonyl (C=O) groups is 5. The molecule has 0 saturated heterocycles. The van der Waals surface area contributed by atoms with E-state index in [1.54, 1.807) is 13.8 Å². The minimum Gasteiger partial charge on any atom is -0.481 e. The Balaban J connectivity index is 5.07. The van der Waals surface area contributed by atoms with Gasteiger partial charge in [0.05, 0.1) is 12.5 Å². The molecule has 0 rings (SSSR count). The lowest BCUT2D eigenvalue weighted by Gasteiger charge is -2.26. The number of aliphatic hydroxyl groups is 1. The van der Waals surface area contributed by atoms with Crippen LogP contribution in [0.15, 0.2) is 34.9 Å². The molecule has 0 aromatic carbocycles. The predicted molar refractivity (Wildman–Crippen MR) is 180 cm³/mol. The zero-order valence-corrected chi connectivity index (χ0v) is 29.2. The summed E-state index contributed by atoms with van der Waals surface area (Å²) in [5, 5.41) is 35.7. The fourth-order valence-electron chi connectivity index (χ4n) is 4.74. The van der Waals surface area contributed by atoms with Crippen molar-refractivity contribution in [2.24, 2.45) is 17.8 Å². The highest BCUT2D eigenvalue weighted by Crippen LogP contribution is 2.18. The lowest BCUT2D eigenvalue weighted by Crippen LogP contribution is -2.57. The Labute approximate surface area is 275 Å². The number of carbonyl (C=O) groups excluding carboxylic acids is 3. The summed E-state index contributed by atoms with van der Waals surface area (Å²) in [7, 11) is 0. The van der Waals surface area contributed by atoms with Gasteiger partial charge in [0.25, 0.3) is 0 Å². The van der Waals surface area contributed by atoms with Crippen LogP contribution in [0, 0.1) is 17.8 Å². The summed E-state index contributed by atoms with van der Waals surface area (Å²) in [6.45, 7) is 14.7. The van der Waals surface area contributed by atoms with E-state index in [1.165, 1.54) is 11.1 Å². The molecule has 3 amide bonds. The number of aliphatic hydroxyl groups excluding tert-OH is 1. The Morgan fingerprint density at radius 3 is 1.76 bits per heavy atom. The minimum absolute atomic E-state index is 0.0231. The summed E-state index contributed by atoms with van der Waals surface area (Å²) < 4.78 is 0. The fraction of sp³-hybridized carbons (Fsp3) is 0.686. The highest BCUT2D eigenvalue weighted by Gasteiger charge is 2.31. The molecule has 11 heteroatoms. The topological polar surface area (TPSA) is 182 Å². The van der Waals surface area contributed by atoms with Crippen LogP contribution < -0.4 is 16.0 Å². The van der Waals surface area contributed by atoms with Gasteiger partial charge in [-0.15, -0.1) is 0 Å². The van der Waals surface area contributed by atoms with Crippen LogP contribution >= 0.6 is 0 Å². The number of hydrogen-bond acceptors (Lipinski definition) is 6. The molecule has 262 valence electrons. The maximum absolute atomic E-state index is 13.1. The number of nitrogens with one attached hydrogen (secondary N) is 3. The van der Waals surface area contributed by atoms with Gasteiger partial charge < -0.3 is 31.3 Å². The Morgan fingerprint density at radius 2 is 1.26 bits per heavy atom. The Bertz CT molecular complexity index is 1090. The van der Waals surface area contributed by atoms with Crippen molar-refractivity contribution >= 4 is 29.7 Å². The van der Waals surface area contributed by atoms with E-state index in [2.05, 4.69) is 48.9 Å². The largest absolute Gasteiger partial charge is 0.481 e. The molecule has 0 saturated carbocycles. The molecule has 1 unspecified atom stereocenters. The van der Waals surface area contributed by atoms with Crippen molar-refractivity contribution in [1.29, 1.82) is 0 Å². The van der Waals surface area contributed by atoms with Crippen LogP contribution in [0.3, 0.4) is 0 Å². The molecule has 0 bridgehead atoms.